The predicted molar refractivity (Wildman–Crippen MR) is 69.0 cm³/mol. The van der Waals surface area contributed by atoms with Crippen molar-refractivity contribution >= 4 is 5.78 Å². The van der Waals surface area contributed by atoms with E-state index in [2.05, 4.69) is 0 Å². The van der Waals surface area contributed by atoms with Crippen molar-refractivity contribution in [1.82, 2.24) is 0 Å². The molecule has 2 fully saturated rings. The summed E-state index contributed by atoms with van der Waals surface area (Å²) in [5.41, 5.74) is 0. The zero-order valence-corrected chi connectivity index (χ0v) is 11.1. The van der Waals surface area contributed by atoms with E-state index in [4.69, 9.17) is 4.74 Å². The molecule has 2 nitrogen and oxygen atoms in total. The van der Waals surface area contributed by atoms with Gasteiger partial charge in [-0.25, -0.2) is 0 Å². The van der Waals surface area contributed by atoms with E-state index in [0.29, 0.717) is 11.9 Å². The highest BCUT2D eigenvalue weighted by molar-refractivity contribution is 5.78. The van der Waals surface area contributed by atoms with Gasteiger partial charge in [-0.1, -0.05) is 25.7 Å². The molecule has 0 aromatic rings. The van der Waals surface area contributed by atoms with E-state index in [-0.39, 0.29) is 5.92 Å². The van der Waals surface area contributed by atoms with E-state index in [1.165, 1.54) is 38.5 Å². The Morgan fingerprint density at radius 2 is 1.82 bits per heavy atom. The van der Waals surface area contributed by atoms with Crippen LogP contribution >= 0.6 is 0 Å². The summed E-state index contributed by atoms with van der Waals surface area (Å²) in [5, 5.41) is 0. The van der Waals surface area contributed by atoms with Crippen molar-refractivity contribution < 1.29 is 9.53 Å². The minimum Gasteiger partial charge on any atom is -0.378 e. The van der Waals surface area contributed by atoms with Gasteiger partial charge in [0.2, 0.25) is 0 Å². The number of ketones is 1. The van der Waals surface area contributed by atoms with Gasteiger partial charge in [-0.15, -0.1) is 0 Å². The quantitative estimate of drug-likeness (QED) is 0.746. The molecule has 2 atom stereocenters. The normalized spacial score (nSPS) is 31.4. The highest BCUT2D eigenvalue weighted by Gasteiger charge is 2.26. The fourth-order valence-electron chi connectivity index (χ4n) is 3.29. The van der Waals surface area contributed by atoms with E-state index in [0.717, 1.165) is 31.8 Å². The van der Waals surface area contributed by atoms with Crippen molar-refractivity contribution in [3.63, 3.8) is 0 Å². The number of rotatable bonds is 4. The monoisotopic (exact) mass is 238 g/mol. The van der Waals surface area contributed by atoms with Crippen LogP contribution in [0.15, 0.2) is 0 Å². The van der Waals surface area contributed by atoms with Gasteiger partial charge in [0.1, 0.15) is 5.78 Å². The van der Waals surface area contributed by atoms with Gasteiger partial charge in [-0.05, 0) is 44.9 Å². The summed E-state index contributed by atoms with van der Waals surface area (Å²) >= 11 is 0. The summed E-state index contributed by atoms with van der Waals surface area (Å²) < 4.78 is 6.05. The SMILES string of the molecule is CC(=O)C1CCCC(OCC2CCCCC2)C1. The average Bonchev–Trinajstić information content (AvgIpc) is 2.38. The molecule has 0 heterocycles. The van der Waals surface area contributed by atoms with Crippen LogP contribution in [0, 0.1) is 11.8 Å². The van der Waals surface area contributed by atoms with E-state index in [1.54, 1.807) is 6.92 Å². The van der Waals surface area contributed by atoms with E-state index < -0.39 is 0 Å². The first-order valence-corrected chi connectivity index (χ1v) is 7.37. The molecule has 0 spiro atoms. The Balaban J connectivity index is 1.69. The van der Waals surface area contributed by atoms with Gasteiger partial charge in [0.25, 0.3) is 0 Å². The van der Waals surface area contributed by atoms with Crippen LogP contribution in [0.25, 0.3) is 0 Å². The lowest BCUT2D eigenvalue weighted by Crippen LogP contribution is -2.28. The van der Waals surface area contributed by atoms with Gasteiger partial charge in [0, 0.05) is 12.5 Å². The fraction of sp³-hybridized carbons (Fsp3) is 0.933. The Morgan fingerprint density at radius 1 is 1.06 bits per heavy atom. The molecule has 17 heavy (non-hydrogen) atoms. The second-order valence-corrected chi connectivity index (χ2v) is 5.93. The van der Waals surface area contributed by atoms with Crippen LogP contribution in [-0.2, 0) is 9.53 Å². The molecule has 0 aromatic heterocycles. The van der Waals surface area contributed by atoms with Crippen LogP contribution in [-0.4, -0.2) is 18.5 Å². The minimum atomic E-state index is 0.278. The molecule has 2 heteroatoms. The average molecular weight is 238 g/mol. The summed E-state index contributed by atoms with van der Waals surface area (Å²) in [4.78, 5) is 11.4. The van der Waals surface area contributed by atoms with Gasteiger partial charge in [-0.2, -0.15) is 0 Å². The highest BCUT2D eigenvalue weighted by Crippen LogP contribution is 2.29. The van der Waals surface area contributed by atoms with Crippen LogP contribution in [0.1, 0.15) is 64.7 Å². The second-order valence-electron chi connectivity index (χ2n) is 5.93. The molecule has 0 radical (unpaired) electrons. The summed E-state index contributed by atoms with van der Waals surface area (Å²) in [6.07, 6.45) is 11.6. The fourth-order valence-corrected chi connectivity index (χ4v) is 3.29. The lowest BCUT2D eigenvalue weighted by atomic mass is 9.84. The van der Waals surface area contributed by atoms with Crippen molar-refractivity contribution in [2.45, 2.75) is 70.8 Å². The predicted octanol–water partition coefficient (Wildman–Crippen LogP) is 3.73. The highest BCUT2D eigenvalue weighted by atomic mass is 16.5. The molecule has 0 aliphatic heterocycles. The first-order chi connectivity index (χ1) is 8.25. The zero-order chi connectivity index (χ0) is 12.1. The van der Waals surface area contributed by atoms with Gasteiger partial charge < -0.3 is 4.74 Å². The lowest BCUT2D eigenvalue weighted by molar-refractivity contribution is -0.123. The molecule has 0 N–H and O–H groups in total. The number of Topliss-reactive ketones (excluding diaryl/α,β-unsaturated/α-hetero) is 1. The lowest BCUT2D eigenvalue weighted by Gasteiger charge is -2.30. The topological polar surface area (TPSA) is 26.3 Å². The zero-order valence-electron chi connectivity index (χ0n) is 11.1. The Morgan fingerprint density at radius 3 is 2.53 bits per heavy atom. The van der Waals surface area contributed by atoms with Crippen molar-refractivity contribution in [2.24, 2.45) is 11.8 Å². The van der Waals surface area contributed by atoms with Crippen LogP contribution in [0.2, 0.25) is 0 Å². The Bertz CT molecular complexity index is 243. The van der Waals surface area contributed by atoms with Crippen LogP contribution < -0.4 is 0 Å². The largest absolute Gasteiger partial charge is 0.378 e. The smallest absolute Gasteiger partial charge is 0.133 e. The van der Waals surface area contributed by atoms with Crippen molar-refractivity contribution in [2.75, 3.05) is 6.61 Å². The van der Waals surface area contributed by atoms with Gasteiger partial charge in [-0.3, -0.25) is 4.79 Å². The van der Waals surface area contributed by atoms with E-state index >= 15 is 0 Å². The number of hydrogen-bond acceptors (Lipinski definition) is 2. The Hall–Kier alpha value is -0.370. The molecular weight excluding hydrogens is 212 g/mol. The maximum Gasteiger partial charge on any atom is 0.133 e. The molecule has 0 bridgehead atoms. The third-order valence-electron chi connectivity index (χ3n) is 4.49. The van der Waals surface area contributed by atoms with E-state index in [1.807, 2.05) is 0 Å². The first-order valence-electron chi connectivity index (χ1n) is 7.37. The van der Waals surface area contributed by atoms with Gasteiger partial charge in [0.15, 0.2) is 0 Å². The number of carbonyl (C=O) groups is 1. The van der Waals surface area contributed by atoms with Gasteiger partial charge in [0.05, 0.1) is 6.10 Å². The first kappa shape index (κ1) is 13.1. The Labute approximate surface area is 105 Å². The Kier molecular flexibility index (Phi) is 5.02. The van der Waals surface area contributed by atoms with Crippen LogP contribution in [0.5, 0.6) is 0 Å². The minimum absolute atomic E-state index is 0.278. The summed E-state index contributed by atoms with van der Waals surface area (Å²) in [7, 11) is 0. The summed E-state index contributed by atoms with van der Waals surface area (Å²) in [5.74, 6) is 1.43. The number of hydrogen-bond donors (Lipinski definition) is 0. The van der Waals surface area contributed by atoms with Crippen molar-refractivity contribution in [1.29, 1.82) is 0 Å². The molecular formula is C15H26O2. The molecule has 2 saturated carbocycles. The molecule has 0 saturated heterocycles. The van der Waals surface area contributed by atoms with E-state index in [9.17, 15) is 4.79 Å². The summed E-state index contributed by atoms with van der Waals surface area (Å²) in [6, 6.07) is 0. The third-order valence-corrected chi connectivity index (χ3v) is 4.49. The second kappa shape index (κ2) is 6.53. The molecule has 98 valence electrons. The maximum atomic E-state index is 11.4. The molecule has 0 amide bonds. The molecule has 2 aliphatic carbocycles. The van der Waals surface area contributed by atoms with Crippen molar-refractivity contribution in [3.05, 3.63) is 0 Å². The maximum absolute atomic E-state index is 11.4. The van der Waals surface area contributed by atoms with Crippen LogP contribution in [0.4, 0.5) is 0 Å². The third kappa shape index (κ3) is 4.09. The molecule has 0 aromatic carbocycles. The molecule has 2 rings (SSSR count). The standard InChI is InChI=1S/C15H26O2/c1-12(16)14-8-5-9-15(10-14)17-11-13-6-3-2-4-7-13/h13-15H,2-11H2,1H3. The van der Waals surface area contributed by atoms with Gasteiger partial charge >= 0.3 is 0 Å². The summed E-state index contributed by atoms with van der Waals surface area (Å²) in [6.45, 7) is 2.67. The van der Waals surface area contributed by atoms with Crippen LogP contribution in [0.3, 0.4) is 0 Å². The number of carbonyl (C=O) groups excluding carboxylic acids is 1. The molecule has 2 aliphatic rings. The molecule has 2 unspecified atom stereocenters. The number of ether oxygens (including phenoxy) is 1. The van der Waals surface area contributed by atoms with Crippen molar-refractivity contribution in [3.8, 4) is 0 Å².